The molecule has 1 aliphatic rings. The Bertz CT molecular complexity index is 508. The van der Waals surface area contributed by atoms with Crippen molar-refractivity contribution in [3.8, 4) is 0 Å². The molecule has 5 atom stereocenters. The molecule has 0 amide bonds. The lowest BCUT2D eigenvalue weighted by Gasteiger charge is -2.21. The summed E-state index contributed by atoms with van der Waals surface area (Å²) >= 11 is 0. The fraction of sp³-hybridized carbons (Fsp3) is 1.00. The van der Waals surface area contributed by atoms with Crippen LogP contribution in [0.5, 0.6) is 0 Å². The molecule has 0 aliphatic carbocycles. The summed E-state index contributed by atoms with van der Waals surface area (Å²) in [6.45, 7) is 3.52. The molecular formula is C14H29BO10P2. The summed E-state index contributed by atoms with van der Waals surface area (Å²) in [5.74, 6) is 0. The van der Waals surface area contributed by atoms with Gasteiger partial charge in [0, 0.05) is 18.8 Å². The predicted octanol–water partition coefficient (Wildman–Crippen LogP) is 2.40. The van der Waals surface area contributed by atoms with Crippen LogP contribution in [0.25, 0.3) is 0 Å². The van der Waals surface area contributed by atoms with Crippen LogP contribution in [-0.2, 0) is 41.5 Å². The van der Waals surface area contributed by atoms with Crippen molar-refractivity contribution in [1.29, 1.82) is 0 Å². The largest absolute Gasteiger partial charge is 0.502 e. The van der Waals surface area contributed by atoms with Gasteiger partial charge in [-0.05, 0) is 26.2 Å². The molecule has 10 nitrogen and oxygen atoms in total. The van der Waals surface area contributed by atoms with E-state index in [4.69, 9.17) is 35.8 Å². The van der Waals surface area contributed by atoms with Gasteiger partial charge in [0.15, 0.2) is 0 Å². The Morgan fingerprint density at radius 3 is 2.30 bits per heavy atom. The second-order valence-electron chi connectivity index (χ2n) is 5.81. The van der Waals surface area contributed by atoms with Crippen molar-refractivity contribution in [2.45, 2.75) is 51.3 Å². The van der Waals surface area contributed by atoms with Crippen molar-refractivity contribution in [3.05, 3.63) is 0 Å². The van der Waals surface area contributed by atoms with E-state index in [0.717, 1.165) is 0 Å². The zero-order valence-electron chi connectivity index (χ0n) is 16.0. The highest BCUT2D eigenvalue weighted by molar-refractivity contribution is 7.53. The van der Waals surface area contributed by atoms with Crippen molar-refractivity contribution in [3.63, 3.8) is 0 Å². The maximum atomic E-state index is 12.6. The van der Waals surface area contributed by atoms with E-state index in [1.54, 1.807) is 13.8 Å². The van der Waals surface area contributed by atoms with Crippen molar-refractivity contribution in [2.75, 3.05) is 39.7 Å². The Labute approximate surface area is 161 Å². The molecule has 0 aromatic carbocycles. The van der Waals surface area contributed by atoms with Crippen molar-refractivity contribution >= 4 is 23.3 Å². The van der Waals surface area contributed by atoms with Crippen molar-refractivity contribution in [2.24, 2.45) is 0 Å². The van der Waals surface area contributed by atoms with Crippen LogP contribution < -0.4 is 0 Å². The first-order chi connectivity index (χ1) is 12.8. The van der Waals surface area contributed by atoms with E-state index >= 15 is 0 Å². The fourth-order valence-corrected chi connectivity index (χ4v) is 4.74. The van der Waals surface area contributed by atoms with Crippen LogP contribution in [0.3, 0.4) is 0 Å². The molecule has 1 aliphatic heterocycles. The topological polar surface area (TPSA) is 119 Å². The molecule has 1 saturated heterocycles. The van der Waals surface area contributed by atoms with E-state index in [2.05, 4.69) is 9.56 Å². The fourth-order valence-electron chi connectivity index (χ4n) is 2.22. The first-order valence-corrected chi connectivity index (χ1v) is 12.0. The van der Waals surface area contributed by atoms with Crippen LogP contribution in [0.2, 0.25) is 0 Å². The van der Waals surface area contributed by atoms with E-state index in [0.29, 0.717) is 12.8 Å². The minimum atomic E-state index is -3.98. The maximum absolute atomic E-state index is 12.6. The standard InChI is InChI=1S/C14H29BO10P2/c1-4-26(17,20-8-5-7-16)21-9-6-10-22-27(18,25-19-3)24-13-11-14(15)23-12(13)2/h12-14,16H,4-11H2,1-3H3. The van der Waals surface area contributed by atoms with Gasteiger partial charge in [-0.2, -0.15) is 0 Å². The number of phosphoric acid groups is 1. The Kier molecular flexibility index (Phi) is 11.9. The maximum Gasteiger partial charge on any atom is 0.502 e. The Balaban J connectivity index is 2.39. The van der Waals surface area contributed by atoms with E-state index in [9.17, 15) is 9.13 Å². The SMILES string of the molecule is [B]C1CC(OP(=O)(OCCCOP(=O)(CC)OCCCO)OOC)C(C)O1. The minimum Gasteiger partial charge on any atom is -0.396 e. The van der Waals surface area contributed by atoms with Crippen LogP contribution in [0.15, 0.2) is 0 Å². The molecule has 0 saturated carbocycles. The number of phosphoric ester groups is 1. The second-order valence-corrected chi connectivity index (χ2v) is 9.69. The smallest absolute Gasteiger partial charge is 0.396 e. The molecule has 1 N–H and O–H groups in total. The van der Waals surface area contributed by atoms with Gasteiger partial charge in [-0.15, -0.1) is 4.67 Å². The average molecular weight is 430 g/mol. The van der Waals surface area contributed by atoms with Gasteiger partial charge in [-0.1, -0.05) is 6.92 Å². The van der Waals surface area contributed by atoms with Gasteiger partial charge >= 0.3 is 15.4 Å². The summed E-state index contributed by atoms with van der Waals surface area (Å²) in [5, 5.41) is 8.73. The number of aliphatic hydroxyl groups excluding tert-OH is 1. The van der Waals surface area contributed by atoms with Gasteiger partial charge < -0.3 is 18.9 Å². The predicted molar refractivity (Wildman–Crippen MR) is 97.6 cm³/mol. The monoisotopic (exact) mass is 430 g/mol. The molecule has 2 radical (unpaired) electrons. The van der Waals surface area contributed by atoms with Crippen LogP contribution >= 0.6 is 15.4 Å². The van der Waals surface area contributed by atoms with Crippen LogP contribution in [0, 0.1) is 0 Å². The number of hydrogen-bond acceptors (Lipinski definition) is 10. The summed E-state index contributed by atoms with van der Waals surface area (Å²) in [5.41, 5.74) is 0. The molecular weight excluding hydrogens is 401 g/mol. The van der Waals surface area contributed by atoms with Crippen molar-refractivity contribution < 1.29 is 46.6 Å². The molecule has 27 heavy (non-hydrogen) atoms. The second kappa shape index (κ2) is 12.7. The lowest BCUT2D eigenvalue weighted by atomic mass is 9.96. The summed E-state index contributed by atoms with van der Waals surface area (Å²) in [6, 6.07) is -0.511. The normalized spacial score (nSPS) is 27.3. The number of hydrogen-bond donors (Lipinski definition) is 1. The summed E-state index contributed by atoms with van der Waals surface area (Å²) in [7, 11) is -0.343. The molecule has 0 bridgehead atoms. The molecule has 1 rings (SSSR count). The number of rotatable bonds is 15. The summed E-state index contributed by atoms with van der Waals surface area (Å²) in [4.78, 5) is 4.46. The molecule has 158 valence electrons. The molecule has 0 spiro atoms. The lowest BCUT2D eigenvalue weighted by Crippen LogP contribution is -2.21. The molecule has 0 aromatic rings. The molecule has 1 fully saturated rings. The molecule has 0 aromatic heterocycles. The molecule has 5 unspecified atom stereocenters. The Morgan fingerprint density at radius 1 is 1.15 bits per heavy atom. The van der Waals surface area contributed by atoms with Gasteiger partial charge in [0.1, 0.15) is 7.85 Å². The van der Waals surface area contributed by atoms with Crippen LogP contribution in [-0.4, -0.2) is 70.9 Å². The third-order valence-electron chi connectivity index (χ3n) is 3.61. The average Bonchev–Trinajstić information content (AvgIpc) is 2.92. The van der Waals surface area contributed by atoms with E-state index in [-0.39, 0.29) is 45.1 Å². The van der Waals surface area contributed by atoms with Gasteiger partial charge in [0.05, 0.1) is 39.1 Å². The first-order valence-electron chi connectivity index (χ1n) is 8.83. The number of ether oxygens (including phenoxy) is 1. The summed E-state index contributed by atoms with van der Waals surface area (Å²) < 4.78 is 56.0. The van der Waals surface area contributed by atoms with Crippen LogP contribution in [0.1, 0.15) is 33.1 Å². The highest BCUT2D eigenvalue weighted by atomic mass is 31.2. The molecule has 1 heterocycles. The van der Waals surface area contributed by atoms with Gasteiger partial charge in [0.25, 0.3) is 0 Å². The van der Waals surface area contributed by atoms with Gasteiger partial charge in [-0.25, -0.2) is 9.45 Å². The highest BCUT2D eigenvalue weighted by Crippen LogP contribution is 2.52. The van der Waals surface area contributed by atoms with Crippen molar-refractivity contribution in [1.82, 2.24) is 0 Å². The zero-order valence-corrected chi connectivity index (χ0v) is 17.8. The Hall–Kier alpha value is 0.205. The van der Waals surface area contributed by atoms with E-state index in [1.165, 1.54) is 7.11 Å². The third kappa shape index (κ3) is 9.50. The Morgan fingerprint density at radius 2 is 1.78 bits per heavy atom. The van der Waals surface area contributed by atoms with Crippen LogP contribution in [0.4, 0.5) is 0 Å². The number of aliphatic hydroxyl groups is 1. The van der Waals surface area contributed by atoms with E-state index in [1.807, 2.05) is 0 Å². The van der Waals surface area contributed by atoms with Gasteiger partial charge in [0.2, 0.25) is 0 Å². The molecule has 13 heteroatoms. The van der Waals surface area contributed by atoms with Gasteiger partial charge in [-0.3, -0.25) is 13.6 Å². The summed E-state index contributed by atoms with van der Waals surface area (Å²) in [6.07, 6.45) is 0.260. The highest BCUT2D eigenvalue weighted by Gasteiger charge is 2.39. The lowest BCUT2D eigenvalue weighted by molar-refractivity contribution is -0.204. The first kappa shape index (κ1) is 25.2. The minimum absolute atomic E-state index is 0.0466. The quantitative estimate of drug-likeness (QED) is 0.136. The third-order valence-corrected chi connectivity index (χ3v) is 6.90. The zero-order chi connectivity index (χ0) is 20.3. The van der Waals surface area contributed by atoms with E-state index < -0.39 is 27.5 Å².